The molecule has 0 saturated carbocycles. The summed E-state index contributed by atoms with van der Waals surface area (Å²) < 4.78 is 22.7. The number of carbonyl (C=O) groups is 1. The first kappa shape index (κ1) is 14.3. The number of benzene rings is 1. The van der Waals surface area contributed by atoms with Crippen LogP contribution in [0.5, 0.6) is 0 Å². The highest BCUT2D eigenvalue weighted by atomic mass is 32.2. The number of hydrogen-bond acceptors (Lipinski definition) is 5. The summed E-state index contributed by atoms with van der Waals surface area (Å²) in [5, 5.41) is 2.50. The van der Waals surface area contributed by atoms with E-state index < -0.39 is 9.84 Å². The van der Waals surface area contributed by atoms with Crippen LogP contribution in [0.4, 0.5) is 11.4 Å². The first-order valence-corrected chi connectivity index (χ1v) is 7.16. The zero-order valence-corrected chi connectivity index (χ0v) is 11.4. The average molecular weight is 271 g/mol. The summed E-state index contributed by atoms with van der Waals surface area (Å²) in [6.45, 7) is 0.152. The lowest BCUT2D eigenvalue weighted by Crippen LogP contribution is -2.33. The zero-order valence-electron chi connectivity index (χ0n) is 10.6. The van der Waals surface area contributed by atoms with Crippen LogP contribution in [0.15, 0.2) is 23.1 Å². The number of nitrogens with two attached hydrogens (primary N) is 1. The van der Waals surface area contributed by atoms with Gasteiger partial charge in [0.1, 0.15) is 0 Å². The van der Waals surface area contributed by atoms with Crippen LogP contribution in [0, 0.1) is 0 Å². The second-order valence-electron chi connectivity index (χ2n) is 4.02. The van der Waals surface area contributed by atoms with E-state index in [4.69, 9.17) is 5.73 Å². The van der Waals surface area contributed by atoms with Gasteiger partial charge >= 0.3 is 0 Å². The number of hydrogen-bond donors (Lipinski definition) is 2. The molecule has 0 aliphatic heterocycles. The predicted octanol–water partition coefficient (Wildman–Crippen LogP) is -0.145. The van der Waals surface area contributed by atoms with E-state index in [1.807, 2.05) is 0 Å². The van der Waals surface area contributed by atoms with Crippen LogP contribution in [0.3, 0.4) is 0 Å². The van der Waals surface area contributed by atoms with Crippen molar-refractivity contribution in [1.82, 2.24) is 5.32 Å². The predicted molar refractivity (Wildman–Crippen MR) is 71.3 cm³/mol. The third-order valence-corrected chi connectivity index (χ3v) is 3.61. The maximum atomic E-state index is 11.4. The molecule has 1 aromatic rings. The first-order chi connectivity index (χ1) is 8.25. The van der Waals surface area contributed by atoms with E-state index in [1.54, 1.807) is 25.1 Å². The second kappa shape index (κ2) is 5.26. The zero-order chi connectivity index (χ0) is 13.9. The molecule has 0 heterocycles. The van der Waals surface area contributed by atoms with E-state index in [2.05, 4.69) is 5.32 Å². The molecule has 18 heavy (non-hydrogen) atoms. The number of rotatable bonds is 4. The van der Waals surface area contributed by atoms with Crippen LogP contribution in [0.1, 0.15) is 0 Å². The van der Waals surface area contributed by atoms with Crippen molar-refractivity contribution in [3.63, 3.8) is 0 Å². The third-order valence-electron chi connectivity index (χ3n) is 2.50. The van der Waals surface area contributed by atoms with Crippen molar-refractivity contribution >= 4 is 27.1 Å². The fraction of sp³-hybridized carbons (Fsp3) is 0.364. The van der Waals surface area contributed by atoms with Gasteiger partial charge in [-0.3, -0.25) is 4.79 Å². The average Bonchev–Trinajstić information content (AvgIpc) is 2.27. The smallest absolute Gasteiger partial charge is 0.239 e. The van der Waals surface area contributed by atoms with Crippen LogP contribution >= 0.6 is 0 Å². The largest absolute Gasteiger partial charge is 0.397 e. The Hall–Kier alpha value is -1.76. The molecule has 0 aliphatic carbocycles. The SMILES string of the molecule is CNC(=O)CN(C)c1ccc(S(C)(=O)=O)cc1N. The summed E-state index contributed by atoms with van der Waals surface area (Å²) in [6, 6.07) is 4.46. The minimum Gasteiger partial charge on any atom is -0.397 e. The van der Waals surface area contributed by atoms with Crippen LogP contribution in [0.2, 0.25) is 0 Å². The van der Waals surface area contributed by atoms with Gasteiger partial charge in [0.25, 0.3) is 0 Å². The fourth-order valence-corrected chi connectivity index (χ4v) is 2.15. The van der Waals surface area contributed by atoms with Gasteiger partial charge in [0.2, 0.25) is 5.91 Å². The van der Waals surface area contributed by atoms with Gasteiger partial charge < -0.3 is 16.0 Å². The maximum absolute atomic E-state index is 11.4. The van der Waals surface area contributed by atoms with Crippen molar-refractivity contribution in [3.8, 4) is 0 Å². The van der Waals surface area contributed by atoms with Gasteiger partial charge in [-0.05, 0) is 18.2 Å². The van der Waals surface area contributed by atoms with Gasteiger partial charge in [0.05, 0.1) is 22.8 Å². The molecule has 0 bridgehead atoms. The van der Waals surface area contributed by atoms with Crippen molar-refractivity contribution in [2.45, 2.75) is 4.90 Å². The molecule has 0 radical (unpaired) electrons. The number of nitrogens with zero attached hydrogens (tertiary/aromatic N) is 1. The molecule has 100 valence electrons. The molecular formula is C11H17N3O3S. The topological polar surface area (TPSA) is 92.5 Å². The van der Waals surface area contributed by atoms with Crippen molar-refractivity contribution in [3.05, 3.63) is 18.2 Å². The number of nitrogens with one attached hydrogen (secondary N) is 1. The van der Waals surface area contributed by atoms with Crippen molar-refractivity contribution in [2.75, 3.05) is 37.5 Å². The van der Waals surface area contributed by atoms with Crippen LogP contribution < -0.4 is 16.0 Å². The molecule has 1 amide bonds. The van der Waals surface area contributed by atoms with Gasteiger partial charge in [0, 0.05) is 20.4 Å². The molecule has 0 spiro atoms. The number of nitrogen functional groups attached to an aromatic ring is 1. The van der Waals surface area contributed by atoms with E-state index in [0.29, 0.717) is 11.4 Å². The van der Waals surface area contributed by atoms with Crippen molar-refractivity contribution < 1.29 is 13.2 Å². The number of sulfone groups is 1. The molecule has 1 aromatic carbocycles. The molecule has 0 saturated heterocycles. The van der Waals surface area contributed by atoms with Gasteiger partial charge in [-0.2, -0.15) is 0 Å². The summed E-state index contributed by atoms with van der Waals surface area (Å²) >= 11 is 0. The first-order valence-electron chi connectivity index (χ1n) is 5.27. The van der Waals surface area contributed by atoms with Gasteiger partial charge in [-0.25, -0.2) is 8.42 Å². The molecule has 3 N–H and O–H groups in total. The minimum absolute atomic E-state index is 0.149. The molecule has 0 fully saturated rings. The number of likely N-dealkylation sites (N-methyl/N-ethyl adjacent to an activating group) is 2. The Morgan fingerprint density at radius 3 is 2.50 bits per heavy atom. The summed E-state index contributed by atoms with van der Waals surface area (Å²) in [4.78, 5) is 13.1. The maximum Gasteiger partial charge on any atom is 0.239 e. The number of carbonyl (C=O) groups excluding carboxylic acids is 1. The Morgan fingerprint density at radius 1 is 1.44 bits per heavy atom. The summed E-state index contributed by atoms with van der Waals surface area (Å²) in [7, 11) is -0.0160. The minimum atomic E-state index is -3.27. The Kier molecular flexibility index (Phi) is 4.18. The highest BCUT2D eigenvalue weighted by Gasteiger charge is 2.13. The highest BCUT2D eigenvalue weighted by molar-refractivity contribution is 7.90. The van der Waals surface area contributed by atoms with Crippen molar-refractivity contribution in [2.24, 2.45) is 0 Å². The molecule has 0 atom stereocenters. The van der Waals surface area contributed by atoms with E-state index >= 15 is 0 Å². The van der Waals surface area contributed by atoms with Crippen LogP contribution in [-0.4, -0.2) is 41.2 Å². The lowest BCUT2D eigenvalue weighted by molar-refractivity contribution is -0.119. The van der Waals surface area contributed by atoms with E-state index in [0.717, 1.165) is 6.26 Å². The Morgan fingerprint density at radius 2 is 2.06 bits per heavy atom. The number of anilines is 2. The summed E-state index contributed by atoms with van der Waals surface area (Å²) in [5.41, 5.74) is 6.74. The van der Waals surface area contributed by atoms with Crippen LogP contribution in [0.25, 0.3) is 0 Å². The van der Waals surface area contributed by atoms with E-state index in [-0.39, 0.29) is 17.3 Å². The lowest BCUT2D eigenvalue weighted by Gasteiger charge is -2.20. The molecule has 6 nitrogen and oxygen atoms in total. The fourth-order valence-electron chi connectivity index (χ4n) is 1.49. The summed E-state index contributed by atoms with van der Waals surface area (Å²) in [6.07, 6.45) is 1.12. The molecule has 1 rings (SSSR count). The molecule has 0 unspecified atom stereocenters. The monoisotopic (exact) mass is 271 g/mol. The second-order valence-corrected chi connectivity index (χ2v) is 6.04. The Balaban J connectivity index is 3.03. The van der Waals surface area contributed by atoms with Gasteiger partial charge in [-0.15, -0.1) is 0 Å². The normalized spacial score (nSPS) is 11.1. The quantitative estimate of drug-likeness (QED) is 0.743. The third kappa shape index (κ3) is 3.36. The number of amides is 1. The van der Waals surface area contributed by atoms with E-state index in [9.17, 15) is 13.2 Å². The molecule has 7 heteroatoms. The lowest BCUT2D eigenvalue weighted by atomic mass is 10.2. The highest BCUT2D eigenvalue weighted by Crippen LogP contribution is 2.25. The molecule has 0 aliphatic rings. The van der Waals surface area contributed by atoms with E-state index in [1.165, 1.54) is 12.1 Å². The van der Waals surface area contributed by atoms with Crippen LogP contribution in [-0.2, 0) is 14.6 Å². The van der Waals surface area contributed by atoms with Gasteiger partial charge in [-0.1, -0.05) is 0 Å². The van der Waals surface area contributed by atoms with Gasteiger partial charge in [0.15, 0.2) is 9.84 Å². The Bertz CT molecular complexity index is 555. The molecule has 0 aromatic heterocycles. The standard InChI is InChI=1S/C11H17N3O3S/c1-13-11(15)7-14(2)10-5-4-8(6-9(10)12)18(3,16)17/h4-6H,7,12H2,1-3H3,(H,13,15). The van der Waals surface area contributed by atoms with Crippen molar-refractivity contribution in [1.29, 1.82) is 0 Å². The molecular weight excluding hydrogens is 254 g/mol. The summed E-state index contributed by atoms with van der Waals surface area (Å²) in [5.74, 6) is -0.149. The Labute approximate surface area is 107 Å².